The molecule has 1 aliphatic heterocycles. The molecule has 134 valence electrons. The molecule has 0 spiro atoms. The number of rotatable bonds is 2. The van der Waals surface area contributed by atoms with Gasteiger partial charge in [0.1, 0.15) is 8.07 Å². The van der Waals surface area contributed by atoms with Crippen LogP contribution in [0.15, 0.2) is 12.1 Å². The average molecular weight is 358 g/mol. The van der Waals surface area contributed by atoms with Crippen molar-refractivity contribution >= 4 is 26.6 Å². The van der Waals surface area contributed by atoms with Crippen molar-refractivity contribution in [2.45, 2.75) is 65.5 Å². The summed E-state index contributed by atoms with van der Waals surface area (Å²) in [5.74, 6) is 2.22. The molecule has 0 bridgehead atoms. The second-order valence-electron chi connectivity index (χ2n) is 8.63. The van der Waals surface area contributed by atoms with Crippen LogP contribution in [0.2, 0.25) is 19.6 Å². The third-order valence-corrected chi connectivity index (χ3v) is 5.63. The van der Waals surface area contributed by atoms with E-state index in [2.05, 4.69) is 31.1 Å². The normalized spacial score (nSPS) is 18.6. The molecule has 1 aromatic carbocycles. The monoisotopic (exact) mass is 358 g/mol. The molecule has 0 atom stereocenters. The van der Waals surface area contributed by atoms with Crippen LogP contribution in [0, 0.1) is 18.4 Å². The Morgan fingerprint density at radius 3 is 2.08 bits per heavy atom. The molecule has 4 nitrogen and oxygen atoms in total. The standard InChI is InChI=1S/C19H27BO4Si/c1-13-14(9-10-25(6,7)8)11-15(12-16(13)17(21)22)20-23-18(2,3)19(4,5)24-20/h11-12H,1-8H3,(H,21,22). The predicted molar refractivity (Wildman–Crippen MR) is 104 cm³/mol. The molecule has 1 fully saturated rings. The molecular formula is C19H27BO4Si. The minimum absolute atomic E-state index is 0.243. The van der Waals surface area contributed by atoms with Gasteiger partial charge in [0.25, 0.3) is 0 Å². The van der Waals surface area contributed by atoms with Crippen molar-refractivity contribution in [2.75, 3.05) is 0 Å². The molecule has 0 aliphatic carbocycles. The summed E-state index contributed by atoms with van der Waals surface area (Å²) in [5.41, 5.74) is 4.70. The largest absolute Gasteiger partial charge is 0.494 e. The first kappa shape index (κ1) is 19.8. The molecule has 1 saturated heterocycles. The summed E-state index contributed by atoms with van der Waals surface area (Å²) in [7, 11) is -2.17. The quantitative estimate of drug-likeness (QED) is 0.652. The van der Waals surface area contributed by atoms with Gasteiger partial charge < -0.3 is 14.4 Å². The second-order valence-corrected chi connectivity index (χ2v) is 13.4. The second kappa shape index (κ2) is 6.31. The SMILES string of the molecule is Cc1c(C#C[Si](C)(C)C)cc(B2OC(C)(C)C(C)(C)O2)cc1C(=O)O. The van der Waals surface area contributed by atoms with E-state index in [4.69, 9.17) is 9.31 Å². The fourth-order valence-electron chi connectivity index (χ4n) is 2.46. The molecule has 1 N–H and O–H groups in total. The van der Waals surface area contributed by atoms with Crippen LogP contribution in [0.5, 0.6) is 0 Å². The average Bonchev–Trinajstić information content (AvgIpc) is 2.65. The van der Waals surface area contributed by atoms with Crippen LogP contribution in [0.4, 0.5) is 0 Å². The Balaban J connectivity index is 2.55. The van der Waals surface area contributed by atoms with Gasteiger partial charge in [-0.1, -0.05) is 25.6 Å². The fourth-order valence-corrected chi connectivity index (χ4v) is 2.97. The molecular weight excluding hydrogens is 331 g/mol. The molecule has 0 saturated carbocycles. The summed E-state index contributed by atoms with van der Waals surface area (Å²) in [6, 6.07) is 3.54. The van der Waals surface area contributed by atoms with E-state index in [0.29, 0.717) is 11.0 Å². The molecule has 2 rings (SSSR count). The van der Waals surface area contributed by atoms with Gasteiger partial charge in [0.05, 0.1) is 16.8 Å². The minimum Gasteiger partial charge on any atom is -0.478 e. The Labute approximate surface area is 152 Å². The minimum atomic E-state index is -1.57. The molecule has 25 heavy (non-hydrogen) atoms. The van der Waals surface area contributed by atoms with E-state index in [9.17, 15) is 9.90 Å². The summed E-state index contributed by atoms with van der Waals surface area (Å²) in [4.78, 5) is 11.7. The van der Waals surface area contributed by atoms with Crippen LogP contribution in [-0.4, -0.2) is 37.5 Å². The van der Waals surface area contributed by atoms with Crippen LogP contribution in [0.3, 0.4) is 0 Å². The van der Waals surface area contributed by atoms with Crippen molar-refractivity contribution in [2.24, 2.45) is 0 Å². The number of carboxylic acids is 1. The van der Waals surface area contributed by atoms with Gasteiger partial charge in [-0.25, -0.2) is 4.79 Å². The Morgan fingerprint density at radius 2 is 1.64 bits per heavy atom. The Kier molecular flexibility index (Phi) is 4.99. The smallest absolute Gasteiger partial charge is 0.478 e. The zero-order chi connectivity index (χ0) is 19.2. The van der Waals surface area contributed by atoms with Crippen LogP contribution in [-0.2, 0) is 9.31 Å². The van der Waals surface area contributed by atoms with Gasteiger partial charge in [-0.15, -0.1) is 5.54 Å². The Bertz CT molecular complexity index is 750. The van der Waals surface area contributed by atoms with Gasteiger partial charge in [-0.3, -0.25) is 0 Å². The van der Waals surface area contributed by atoms with Gasteiger partial charge in [0, 0.05) is 5.56 Å². The van der Waals surface area contributed by atoms with Gasteiger partial charge in [0.15, 0.2) is 0 Å². The zero-order valence-corrected chi connectivity index (χ0v) is 17.4. The molecule has 0 amide bonds. The zero-order valence-electron chi connectivity index (χ0n) is 16.4. The highest BCUT2D eigenvalue weighted by atomic mass is 28.3. The summed E-state index contributed by atoms with van der Waals surface area (Å²) in [5, 5.41) is 9.57. The van der Waals surface area contributed by atoms with E-state index < -0.39 is 32.4 Å². The number of benzene rings is 1. The number of hydrogen-bond acceptors (Lipinski definition) is 3. The molecule has 6 heteroatoms. The van der Waals surface area contributed by atoms with Gasteiger partial charge in [-0.2, -0.15) is 0 Å². The number of hydrogen-bond donors (Lipinski definition) is 1. The van der Waals surface area contributed by atoms with Crippen molar-refractivity contribution < 1.29 is 19.2 Å². The lowest BCUT2D eigenvalue weighted by Crippen LogP contribution is -2.41. The summed E-state index contributed by atoms with van der Waals surface area (Å²) in [6.07, 6.45) is 0. The van der Waals surface area contributed by atoms with Crippen molar-refractivity contribution in [3.05, 3.63) is 28.8 Å². The predicted octanol–water partition coefficient (Wildman–Crippen LogP) is 3.22. The van der Waals surface area contributed by atoms with E-state index in [0.717, 1.165) is 5.56 Å². The summed E-state index contributed by atoms with van der Waals surface area (Å²) in [6.45, 7) is 16.2. The molecule has 0 unspecified atom stereocenters. The highest BCUT2D eigenvalue weighted by molar-refractivity contribution is 6.83. The lowest BCUT2D eigenvalue weighted by atomic mass is 9.76. The highest BCUT2D eigenvalue weighted by Crippen LogP contribution is 2.36. The van der Waals surface area contributed by atoms with Gasteiger partial charge in [-0.05, 0) is 57.8 Å². The van der Waals surface area contributed by atoms with Crippen molar-refractivity contribution in [3.63, 3.8) is 0 Å². The van der Waals surface area contributed by atoms with Crippen molar-refractivity contribution in [3.8, 4) is 11.5 Å². The first-order valence-electron chi connectivity index (χ1n) is 8.50. The molecule has 0 aromatic heterocycles. The topological polar surface area (TPSA) is 55.8 Å². The third kappa shape index (κ3) is 4.17. The number of carbonyl (C=O) groups is 1. The van der Waals surface area contributed by atoms with Crippen molar-refractivity contribution in [1.29, 1.82) is 0 Å². The van der Waals surface area contributed by atoms with Gasteiger partial charge in [0.2, 0.25) is 0 Å². The van der Waals surface area contributed by atoms with E-state index in [1.165, 1.54) is 0 Å². The van der Waals surface area contributed by atoms with Crippen LogP contribution >= 0.6 is 0 Å². The number of carboxylic acid groups (broad SMARTS) is 1. The van der Waals surface area contributed by atoms with Crippen molar-refractivity contribution in [1.82, 2.24) is 0 Å². The van der Waals surface area contributed by atoms with E-state index in [-0.39, 0.29) is 5.56 Å². The maximum atomic E-state index is 11.7. The first-order valence-corrected chi connectivity index (χ1v) is 12.0. The third-order valence-electron chi connectivity index (χ3n) is 4.76. The lowest BCUT2D eigenvalue weighted by molar-refractivity contribution is 0.00578. The fraction of sp³-hybridized carbons (Fsp3) is 0.526. The summed E-state index contributed by atoms with van der Waals surface area (Å²) >= 11 is 0. The Hall–Kier alpha value is -1.55. The molecule has 0 radical (unpaired) electrons. The van der Waals surface area contributed by atoms with Crippen LogP contribution in [0.1, 0.15) is 49.2 Å². The molecule has 1 aromatic rings. The lowest BCUT2D eigenvalue weighted by Gasteiger charge is -2.32. The van der Waals surface area contributed by atoms with E-state index in [1.807, 2.05) is 33.8 Å². The molecule has 1 aliphatic rings. The van der Waals surface area contributed by atoms with E-state index in [1.54, 1.807) is 13.0 Å². The first-order chi connectivity index (χ1) is 11.2. The molecule has 1 heterocycles. The maximum absolute atomic E-state index is 11.7. The highest BCUT2D eigenvalue weighted by Gasteiger charge is 2.51. The number of aromatic carboxylic acids is 1. The van der Waals surface area contributed by atoms with Gasteiger partial charge >= 0.3 is 13.1 Å². The summed E-state index contributed by atoms with van der Waals surface area (Å²) < 4.78 is 12.1. The van der Waals surface area contributed by atoms with E-state index >= 15 is 0 Å². The van der Waals surface area contributed by atoms with Crippen LogP contribution in [0.25, 0.3) is 0 Å². The Morgan fingerprint density at radius 1 is 1.12 bits per heavy atom. The van der Waals surface area contributed by atoms with Crippen LogP contribution < -0.4 is 5.46 Å². The maximum Gasteiger partial charge on any atom is 0.494 e.